The summed E-state index contributed by atoms with van der Waals surface area (Å²) >= 11 is 0. The lowest BCUT2D eigenvalue weighted by Gasteiger charge is -2.31. The Bertz CT molecular complexity index is 1220. The number of carbonyl (C=O) groups is 1. The molecule has 0 saturated carbocycles. The predicted octanol–water partition coefficient (Wildman–Crippen LogP) is 2.32. The molecule has 0 spiro atoms. The number of pyridine rings is 1. The fraction of sp³-hybridized carbons (Fsp3) is 0.381. The molecule has 2 aromatic heterocycles. The van der Waals surface area contributed by atoms with Gasteiger partial charge in [-0.15, -0.1) is 0 Å². The molecule has 3 heterocycles. The second-order valence-electron chi connectivity index (χ2n) is 7.67. The summed E-state index contributed by atoms with van der Waals surface area (Å²) in [6.45, 7) is 2.42. The number of amides is 1. The number of hydrogen-bond acceptors (Lipinski definition) is 6. The van der Waals surface area contributed by atoms with Gasteiger partial charge in [0, 0.05) is 25.5 Å². The topological polar surface area (TPSA) is 106 Å². The van der Waals surface area contributed by atoms with E-state index in [1.54, 1.807) is 23.0 Å². The summed E-state index contributed by atoms with van der Waals surface area (Å²) in [7, 11) is -0.336. The molecule has 1 saturated heterocycles. The Labute approximate surface area is 181 Å². The summed E-state index contributed by atoms with van der Waals surface area (Å²) in [6, 6.07) is 8.12. The second kappa shape index (κ2) is 8.27. The van der Waals surface area contributed by atoms with Gasteiger partial charge in [-0.3, -0.25) is 9.48 Å². The van der Waals surface area contributed by atoms with Crippen LogP contribution in [-0.4, -0.2) is 53.6 Å². The van der Waals surface area contributed by atoms with Crippen LogP contribution >= 0.6 is 0 Å². The molecule has 0 bridgehead atoms. The summed E-state index contributed by atoms with van der Waals surface area (Å²) in [4.78, 5) is 17.5. The van der Waals surface area contributed by atoms with E-state index in [1.165, 1.54) is 23.5 Å². The van der Waals surface area contributed by atoms with Gasteiger partial charge in [0.05, 0.1) is 35.5 Å². The first kappa shape index (κ1) is 21.3. The van der Waals surface area contributed by atoms with Crippen LogP contribution in [0.1, 0.15) is 18.5 Å². The van der Waals surface area contributed by atoms with Gasteiger partial charge in [-0.1, -0.05) is 0 Å². The van der Waals surface area contributed by atoms with E-state index in [0.29, 0.717) is 30.8 Å². The molecular formula is C21H25N5O4S. The minimum absolute atomic E-state index is 0.141. The van der Waals surface area contributed by atoms with Crippen molar-refractivity contribution in [3.63, 3.8) is 0 Å². The van der Waals surface area contributed by atoms with E-state index < -0.39 is 15.9 Å². The Morgan fingerprint density at radius 3 is 2.71 bits per heavy atom. The number of nitrogens with zero attached hydrogens (tertiary/aromatic N) is 4. The van der Waals surface area contributed by atoms with Crippen molar-refractivity contribution in [2.24, 2.45) is 13.0 Å². The molecule has 0 radical (unpaired) electrons. The zero-order chi connectivity index (χ0) is 22.2. The molecule has 1 aliphatic rings. The number of anilines is 1. The van der Waals surface area contributed by atoms with Gasteiger partial charge in [0.2, 0.25) is 15.9 Å². The van der Waals surface area contributed by atoms with Crippen molar-refractivity contribution in [1.82, 2.24) is 19.1 Å². The molecule has 1 N–H and O–H groups in total. The summed E-state index contributed by atoms with van der Waals surface area (Å²) in [5, 5.41) is 8.10. The summed E-state index contributed by atoms with van der Waals surface area (Å²) in [5.41, 5.74) is 2.14. The largest absolute Gasteiger partial charge is 0.497 e. The standard InChI is InChI=1S/C21H25N5O4S/c1-14-19-11-16(12-22-20(19)25(2)24-14)23-21(27)15-5-4-10-26(13-15)31(28,29)18-8-6-17(30-3)7-9-18/h6-9,11-12,15H,4-5,10,13H2,1-3H3,(H,23,27)/t15-/m1/s1. The van der Waals surface area contributed by atoms with Crippen molar-refractivity contribution in [3.8, 4) is 5.75 Å². The molecule has 9 nitrogen and oxygen atoms in total. The summed E-state index contributed by atoms with van der Waals surface area (Å²) in [5.74, 6) is -0.0610. The van der Waals surface area contributed by atoms with E-state index in [4.69, 9.17) is 4.74 Å². The van der Waals surface area contributed by atoms with E-state index in [9.17, 15) is 13.2 Å². The molecule has 3 aromatic rings. The van der Waals surface area contributed by atoms with Crippen molar-refractivity contribution < 1.29 is 17.9 Å². The van der Waals surface area contributed by atoms with E-state index in [2.05, 4.69) is 15.4 Å². The van der Waals surface area contributed by atoms with Crippen LogP contribution in [0.3, 0.4) is 0 Å². The van der Waals surface area contributed by atoms with Crippen molar-refractivity contribution in [2.45, 2.75) is 24.7 Å². The molecular weight excluding hydrogens is 418 g/mol. The molecule has 4 rings (SSSR count). The quantitative estimate of drug-likeness (QED) is 0.649. The highest BCUT2D eigenvalue weighted by Crippen LogP contribution is 2.26. The summed E-state index contributed by atoms with van der Waals surface area (Å²) in [6.07, 6.45) is 2.84. The van der Waals surface area contributed by atoms with Crippen LogP contribution in [0.5, 0.6) is 5.75 Å². The van der Waals surface area contributed by atoms with E-state index in [0.717, 1.165) is 16.7 Å². The monoisotopic (exact) mass is 443 g/mol. The van der Waals surface area contributed by atoms with Crippen LogP contribution < -0.4 is 10.1 Å². The Kier molecular flexibility index (Phi) is 5.67. The highest BCUT2D eigenvalue weighted by atomic mass is 32.2. The number of sulfonamides is 1. The zero-order valence-corrected chi connectivity index (χ0v) is 18.5. The minimum Gasteiger partial charge on any atom is -0.497 e. The lowest BCUT2D eigenvalue weighted by Crippen LogP contribution is -2.43. The minimum atomic E-state index is -3.68. The number of hydrogen-bond donors (Lipinski definition) is 1. The van der Waals surface area contributed by atoms with E-state index in [1.807, 2.05) is 20.0 Å². The number of carbonyl (C=O) groups excluding carboxylic acids is 1. The number of benzene rings is 1. The Morgan fingerprint density at radius 1 is 1.26 bits per heavy atom. The molecule has 164 valence electrons. The van der Waals surface area contributed by atoms with Gasteiger partial charge in [-0.2, -0.15) is 9.40 Å². The van der Waals surface area contributed by atoms with Crippen LogP contribution in [0.15, 0.2) is 41.4 Å². The van der Waals surface area contributed by atoms with Gasteiger partial charge in [0.25, 0.3) is 0 Å². The van der Waals surface area contributed by atoms with Gasteiger partial charge in [-0.25, -0.2) is 13.4 Å². The fourth-order valence-electron chi connectivity index (χ4n) is 3.89. The average Bonchev–Trinajstić information content (AvgIpc) is 3.06. The van der Waals surface area contributed by atoms with Crippen molar-refractivity contribution >= 4 is 32.7 Å². The number of aryl methyl sites for hydroxylation is 2. The van der Waals surface area contributed by atoms with Crippen LogP contribution in [-0.2, 0) is 21.9 Å². The molecule has 1 fully saturated rings. The number of fused-ring (bicyclic) bond motifs is 1. The number of aromatic nitrogens is 3. The fourth-order valence-corrected chi connectivity index (χ4v) is 5.42. The van der Waals surface area contributed by atoms with E-state index >= 15 is 0 Å². The van der Waals surface area contributed by atoms with Crippen LogP contribution in [0.25, 0.3) is 11.0 Å². The highest BCUT2D eigenvalue weighted by molar-refractivity contribution is 7.89. The molecule has 1 aromatic carbocycles. The maximum Gasteiger partial charge on any atom is 0.243 e. The smallest absolute Gasteiger partial charge is 0.243 e. The van der Waals surface area contributed by atoms with Gasteiger partial charge in [0.15, 0.2) is 5.65 Å². The van der Waals surface area contributed by atoms with Gasteiger partial charge < -0.3 is 10.1 Å². The predicted molar refractivity (Wildman–Crippen MR) is 116 cm³/mol. The summed E-state index contributed by atoms with van der Waals surface area (Å²) < 4.78 is 34.2. The first-order valence-electron chi connectivity index (χ1n) is 10.0. The van der Waals surface area contributed by atoms with Crippen LogP contribution in [0, 0.1) is 12.8 Å². The lowest BCUT2D eigenvalue weighted by atomic mass is 9.99. The number of methoxy groups -OCH3 is 1. The first-order chi connectivity index (χ1) is 14.8. The molecule has 0 aliphatic carbocycles. The Morgan fingerprint density at radius 2 is 2.00 bits per heavy atom. The van der Waals surface area contributed by atoms with Crippen molar-refractivity contribution in [2.75, 3.05) is 25.5 Å². The second-order valence-corrected chi connectivity index (χ2v) is 9.61. The third kappa shape index (κ3) is 4.13. The SMILES string of the molecule is COc1ccc(S(=O)(=O)N2CCC[C@@H](C(=O)Nc3cnc4c(c3)c(C)nn4C)C2)cc1. The molecule has 31 heavy (non-hydrogen) atoms. The lowest BCUT2D eigenvalue weighted by molar-refractivity contribution is -0.120. The van der Waals surface area contributed by atoms with Crippen molar-refractivity contribution in [3.05, 3.63) is 42.2 Å². The third-order valence-electron chi connectivity index (χ3n) is 5.58. The van der Waals surface area contributed by atoms with Crippen LogP contribution in [0.4, 0.5) is 5.69 Å². The first-order valence-corrected chi connectivity index (χ1v) is 11.5. The third-order valence-corrected chi connectivity index (χ3v) is 7.46. The maximum absolute atomic E-state index is 13.0. The van der Waals surface area contributed by atoms with E-state index in [-0.39, 0.29) is 17.3 Å². The normalized spacial score (nSPS) is 17.6. The van der Waals surface area contributed by atoms with Gasteiger partial charge in [0.1, 0.15) is 5.75 Å². The maximum atomic E-state index is 13.0. The zero-order valence-electron chi connectivity index (χ0n) is 17.7. The molecule has 0 unspecified atom stereocenters. The molecule has 1 atom stereocenters. The number of piperidine rings is 1. The number of rotatable bonds is 5. The van der Waals surface area contributed by atoms with Gasteiger partial charge in [-0.05, 0) is 50.1 Å². The number of ether oxygens (including phenoxy) is 1. The number of nitrogens with one attached hydrogen (secondary N) is 1. The average molecular weight is 444 g/mol. The van der Waals surface area contributed by atoms with Gasteiger partial charge >= 0.3 is 0 Å². The van der Waals surface area contributed by atoms with Crippen molar-refractivity contribution in [1.29, 1.82) is 0 Å². The molecule has 1 amide bonds. The Balaban J connectivity index is 1.48. The van der Waals surface area contributed by atoms with Crippen LogP contribution in [0.2, 0.25) is 0 Å². The Hall–Kier alpha value is -2.98. The molecule has 10 heteroatoms. The highest BCUT2D eigenvalue weighted by Gasteiger charge is 2.33. The molecule has 1 aliphatic heterocycles.